The van der Waals surface area contributed by atoms with Gasteiger partial charge in [0, 0.05) is 6.04 Å². The molecule has 1 fully saturated rings. The highest BCUT2D eigenvalue weighted by atomic mass is 16.5. The van der Waals surface area contributed by atoms with E-state index >= 15 is 0 Å². The number of hydrogen-bond acceptors (Lipinski definition) is 2. The second-order valence-corrected chi connectivity index (χ2v) is 4.48. The van der Waals surface area contributed by atoms with Gasteiger partial charge in [0.15, 0.2) is 0 Å². The van der Waals surface area contributed by atoms with Crippen molar-refractivity contribution in [2.75, 3.05) is 0 Å². The predicted octanol–water partition coefficient (Wildman–Crippen LogP) is 2.71. The lowest BCUT2D eigenvalue weighted by Gasteiger charge is -2.32. The van der Waals surface area contributed by atoms with E-state index in [0.29, 0.717) is 12.6 Å². The van der Waals surface area contributed by atoms with Gasteiger partial charge in [0.05, 0.1) is 0 Å². The van der Waals surface area contributed by atoms with Crippen LogP contribution >= 0.6 is 0 Å². The first-order valence-electron chi connectivity index (χ1n) is 5.71. The molecular formula is C13H17NO2. The maximum atomic E-state index is 11.4. The number of nitrogens with one attached hydrogen (secondary N) is 1. The minimum absolute atomic E-state index is 0.305. The second kappa shape index (κ2) is 5.01. The average Bonchev–Trinajstić information content (AvgIpc) is 2.26. The van der Waals surface area contributed by atoms with Gasteiger partial charge in [0.2, 0.25) is 0 Å². The van der Waals surface area contributed by atoms with Gasteiger partial charge in [-0.05, 0) is 24.3 Å². The van der Waals surface area contributed by atoms with Crippen molar-refractivity contribution in [1.82, 2.24) is 5.32 Å². The zero-order chi connectivity index (χ0) is 11.4. The van der Waals surface area contributed by atoms with Crippen molar-refractivity contribution >= 4 is 6.09 Å². The molecule has 0 radical (unpaired) electrons. The number of ether oxygens (including phenoxy) is 1. The van der Waals surface area contributed by atoms with Gasteiger partial charge in [0.25, 0.3) is 0 Å². The molecule has 0 atom stereocenters. The van der Waals surface area contributed by atoms with E-state index in [9.17, 15) is 4.79 Å². The summed E-state index contributed by atoms with van der Waals surface area (Å²) < 4.78 is 5.12. The van der Waals surface area contributed by atoms with Gasteiger partial charge in [-0.25, -0.2) is 4.79 Å². The van der Waals surface area contributed by atoms with E-state index < -0.39 is 0 Å². The summed E-state index contributed by atoms with van der Waals surface area (Å²) in [6.07, 6.45) is 1.83. The van der Waals surface area contributed by atoms with E-state index in [1.54, 1.807) is 0 Å². The highest BCUT2D eigenvalue weighted by Crippen LogP contribution is 2.26. The summed E-state index contributed by atoms with van der Waals surface area (Å²) >= 11 is 0. The maximum absolute atomic E-state index is 11.4. The molecule has 1 aromatic rings. The van der Waals surface area contributed by atoms with Crippen LogP contribution in [-0.2, 0) is 11.3 Å². The van der Waals surface area contributed by atoms with E-state index in [4.69, 9.17) is 4.74 Å². The summed E-state index contributed by atoms with van der Waals surface area (Å²) in [7, 11) is 0. The Kier molecular flexibility index (Phi) is 3.44. The average molecular weight is 219 g/mol. The summed E-state index contributed by atoms with van der Waals surface area (Å²) in [6.45, 7) is 2.53. The van der Waals surface area contributed by atoms with Crippen LogP contribution in [-0.4, -0.2) is 12.1 Å². The Morgan fingerprint density at radius 2 is 2.06 bits per heavy atom. The normalized spacial score (nSPS) is 23.3. The molecular weight excluding hydrogens is 202 g/mol. The Hall–Kier alpha value is -1.51. The summed E-state index contributed by atoms with van der Waals surface area (Å²) in [5.74, 6) is 0.736. The molecule has 0 bridgehead atoms. The van der Waals surface area contributed by atoms with Crippen LogP contribution < -0.4 is 5.32 Å². The Balaban J connectivity index is 1.68. The van der Waals surface area contributed by atoms with Crippen LogP contribution in [0.5, 0.6) is 0 Å². The quantitative estimate of drug-likeness (QED) is 0.848. The molecule has 0 spiro atoms. The number of carbonyl (C=O) groups excluding carboxylic acids is 1. The molecule has 1 aromatic carbocycles. The van der Waals surface area contributed by atoms with Gasteiger partial charge in [-0.3, -0.25) is 0 Å². The molecule has 3 nitrogen and oxygen atoms in total. The summed E-state index contributed by atoms with van der Waals surface area (Å²) in [5, 5.41) is 2.86. The van der Waals surface area contributed by atoms with Crippen LogP contribution in [0, 0.1) is 5.92 Å². The molecule has 1 aliphatic carbocycles. The van der Waals surface area contributed by atoms with Crippen LogP contribution in [0.3, 0.4) is 0 Å². The second-order valence-electron chi connectivity index (χ2n) is 4.48. The highest BCUT2D eigenvalue weighted by molar-refractivity contribution is 5.67. The fraction of sp³-hybridized carbons (Fsp3) is 0.462. The molecule has 0 unspecified atom stereocenters. The molecule has 0 aromatic heterocycles. The van der Waals surface area contributed by atoms with E-state index in [1.165, 1.54) is 0 Å². The Morgan fingerprint density at radius 1 is 1.38 bits per heavy atom. The molecule has 1 amide bonds. The lowest BCUT2D eigenvalue weighted by atomic mass is 9.82. The molecule has 3 heteroatoms. The van der Waals surface area contributed by atoms with Gasteiger partial charge in [-0.15, -0.1) is 0 Å². The summed E-state index contributed by atoms with van der Waals surface area (Å²) in [4.78, 5) is 11.4. The van der Waals surface area contributed by atoms with E-state index in [-0.39, 0.29) is 6.09 Å². The molecule has 2 rings (SSSR count). The third-order valence-electron chi connectivity index (χ3n) is 2.91. The Labute approximate surface area is 95.8 Å². The van der Waals surface area contributed by atoms with E-state index in [1.807, 2.05) is 30.3 Å². The number of rotatable bonds is 3. The maximum Gasteiger partial charge on any atom is 0.407 e. The Morgan fingerprint density at radius 3 is 2.69 bits per heavy atom. The standard InChI is InChI=1S/C13H17NO2/c1-10-7-12(8-10)14-13(15)16-9-11-5-3-2-4-6-11/h2-6,10,12H,7-9H2,1H3,(H,14,15). The molecule has 0 saturated heterocycles. The molecule has 1 aliphatic rings. The van der Waals surface area contributed by atoms with E-state index in [0.717, 1.165) is 24.3 Å². The van der Waals surface area contributed by atoms with Gasteiger partial charge in [-0.2, -0.15) is 0 Å². The number of benzene rings is 1. The fourth-order valence-corrected chi connectivity index (χ4v) is 1.95. The fourth-order valence-electron chi connectivity index (χ4n) is 1.95. The van der Waals surface area contributed by atoms with Crippen molar-refractivity contribution in [1.29, 1.82) is 0 Å². The molecule has 1 N–H and O–H groups in total. The van der Waals surface area contributed by atoms with Crippen molar-refractivity contribution in [3.05, 3.63) is 35.9 Å². The van der Waals surface area contributed by atoms with Gasteiger partial charge in [-0.1, -0.05) is 37.3 Å². The van der Waals surface area contributed by atoms with Crippen molar-refractivity contribution in [3.8, 4) is 0 Å². The minimum atomic E-state index is -0.305. The monoisotopic (exact) mass is 219 g/mol. The molecule has 16 heavy (non-hydrogen) atoms. The largest absolute Gasteiger partial charge is 0.445 e. The van der Waals surface area contributed by atoms with E-state index in [2.05, 4.69) is 12.2 Å². The predicted molar refractivity (Wildman–Crippen MR) is 61.9 cm³/mol. The summed E-state index contributed by atoms with van der Waals surface area (Å²) in [5.41, 5.74) is 1.01. The van der Waals surface area contributed by atoms with Crippen LogP contribution in [0.15, 0.2) is 30.3 Å². The number of carbonyl (C=O) groups is 1. The van der Waals surface area contributed by atoms with Crippen molar-refractivity contribution < 1.29 is 9.53 Å². The minimum Gasteiger partial charge on any atom is -0.445 e. The lowest BCUT2D eigenvalue weighted by Crippen LogP contribution is -2.43. The van der Waals surface area contributed by atoms with Crippen molar-refractivity contribution in [2.24, 2.45) is 5.92 Å². The topological polar surface area (TPSA) is 38.3 Å². The van der Waals surface area contributed by atoms with Crippen molar-refractivity contribution in [2.45, 2.75) is 32.4 Å². The first-order valence-corrected chi connectivity index (χ1v) is 5.71. The zero-order valence-corrected chi connectivity index (χ0v) is 9.48. The van der Waals surface area contributed by atoms with Crippen LogP contribution in [0.1, 0.15) is 25.3 Å². The lowest BCUT2D eigenvalue weighted by molar-refractivity contribution is 0.124. The van der Waals surface area contributed by atoms with Crippen LogP contribution in [0.4, 0.5) is 4.79 Å². The van der Waals surface area contributed by atoms with Crippen LogP contribution in [0.2, 0.25) is 0 Å². The van der Waals surface area contributed by atoms with Crippen molar-refractivity contribution in [3.63, 3.8) is 0 Å². The van der Waals surface area contributed by atoms with Gasteiger partial charge in [0.1, 0.15) is 6.61 Å². The Bertz CT molecular complexity index is 344. The third-order valence-corrected chi connectivity index (χ3v) is 2.91. The summed E-state index contributed by atoms with van der Waals surface area (Å²) in [6, 6.07) is 10.0. The number of hydrogen-bond donors (Lipinski definition) is 1. The SMILES string of the molecule is CC1CC(NC(=O)OCc2ccccc2)C1. The molecule has 0 aliphatic heterocycles. The first-order chi connectivity index (χ1) is 7.74. The van der Waals surface area contributed by atoms with Gasteiger partial charge >= 0.3 is 6.09 Å². The van der Waals surface area contributed by atoms with Crippen LogP contribution in [0.25, 0.3) is 0 Å². The zero-order valence-electron chi connectivity index (χ0n) is 9.48. The highest BCUT2D eigenvalue weighted by Gasteiger charge is 2.26. The molecule has 1 saturated carbocycles. The van der Waals surface area contributed by atoms with Gasteiger partial charge < -0.3 is 10.1 Å². The molecule has 0 heterocycles. The first kappa shape index (κ1) is 11.0. The third kappa shape index (κ3) is 2.99. The molecule has 86 valence electrons. The number of alkyl carbamates (subject to hydrolysis) is 1. The smallest absolute Gasteiger partial charge is 0.407 e. The number of amides is 1.